The fraction of sp³-hybridized carbons (Fsp3) is 0.929. The van der Waals surface area contributed by atoms with Gasteiger partial charge in [-0.15, -0.1) is 4.91 Å². The summed E-state index contributed by atoms with van der Waals surface area (Å²) in [7, 11) is 0. The van der Waals surface area contributed by atoms with Crippen LogP contribution in [-0.2, 0) is 4.79 Å². The Balaban J connectivity index is 2.05. The van der Waals surface area contributed by atoms with E-state index in [9.17, 15) is 14.9 Å². The van der Waals surface area contributed by atoms with Crippen molar-refractivity contribution >= 4 is 5.78 Å². The highest BCUT2D eigenvalue weighted by molar-refractivity contribution is 5.84. The second kappa shape index (κ2) is 5.62. The number of nitrogens with zero attached hydrogens (tertiary/aromatic N) is 4. The van der Waals surface area contributed by atoms with E-state index >= 15 is 0 Å². The monoisotopic (exact) mass is 298 g/mol. The highest BCUT2D eigenvalue weighted by Gasteiger charge is 2.51. The average molecular weight is 298 g/mol. The lowest BCUT2D eigenvalue weighted by atomic mass is 9.73. The van der Waals surface area contributed by atoms with Crippen LogP contribution in [0.15, 0.2) is 5.29 Å². The van der Waals surface area contributed by atoms with E-state index in [0.717, 1.165) is 13.1 Å². The van der Waals surface area contributed by atoms with Gasteiger partial charge in [0.1, 0.15) is 5.78 Å². The predicted molar refractivity (Wildman–Crippen MR) is 78.7 cm³/mol. The first-order valence-corrected chi connectivity index (χ1v) is 7.51. The first kappa shape index (κ1) is 16.3. The van der Waals surface area contributed by atoms with Crippen molar-refractivity contribution in [1.82, 2.24) is 15.0 Å². The van der Waals surface area contributed by atoms with Gasteiger partial charge in [0.05, 0.1) is 29.8 Å². The summed E-state index contributed by atoms with van der Waals surface area (Å²) in [6, 6.07) is 0. The molecule has 0 aromatic carbocycles. The zero-order valence-corrected chi connectivity index (χ0v) is 13.4. The van der Waals surface area contributed by atoms with E-state index in [1.54, 1.807) is 0 Å². The number of carbonyl (C=O) groups excluding carboxylic acids is 1. The molecule has 0 aromatic heterocycles. The molecule has 2 aliphatic heterocycles. The Morgan fingerprint density at radius 2 is 1.76 bits per heavy atom. The van der Waals surface area contributed by atoms with E-state index in [-0.39, 0.29) is 11.7 Å². The minimum Gasteiger partial charge on any atom is -0.313 e. The largest absolute Gasteiger partial charge is 0.313 e. The SMILES string of the molecule is CC1(C)CC(=O)[C@@H](CN2CCN(N=O)CC2)C(C)(C)N1O. The van der Waals surface area contributed by atoms with Crippen LogP contribution in [0.5, 0.6) is 0 Å². The molecule has 0 unspecified atom stereocenters. The first-order chi connectivity index (χ1) is 9.68. The Bertz CT molecular complexity index is 416. The van der Waals surface area contributed by atoms with Crippen molar-refractivity contribution in [2.45, 2.75) is 45.2 Å². The quantitative estimate of drug-likeness (QED) is 0.787. The topological polar surface area (TPSA) is 76.5 Å². The lowest BCUT2D eigenvalue weighted by molar-refractivity contribution is -0.252. The molecule has 0 aliphatic carbocycles. The predicted octanol–water partition coefficient (Wildman–Crippen LogP) is 1.12. The van der Waals surface area contributed by atoms with Gasteiger partial charge in [0.2, 0.25) is 0 Å². The molecule has 2 saturated heterocycles. The molecule has 2 aliphatic rings. The maximum Gasteiger partial charge on any atom is 0.141 e. The van der Waals surface area contributed by atoms with Crippen molar-refractivity contribution in [3.8, 4) is 0 Å². The third-order valence-electron chi connectivity index (χ3n) is 4.87. The van der Waals surface area contributed by atoms with Crippen molar-refractivity contribution in [2.75, 3.05) is 32.7 Å². The molecule has 0 amide bonds. The molecule has 0 saturated carbocycles. The van der Waals surface area contributed by atoms with Gasteiger partial charge in [-0.2, -0.15) is 5.06 Å². The van der Waals surface area contributed by atoms with Crippen molar-refractivity contribution in [3.63, 3.8) is 0 Å². The van der Waals surface area contributed by atoms with E-state index in [4.69, 9.17) is 0 Å². The summed E-state index contributed by atoms with van der Waals surface area (Å²) in [5, 5.41) is 16.3. The standard InChI is InChI=1S/C14H26N4O3/c1-13(2)9-12(19)11(14(3,4)18(13)21)10-16-5-7-17(15-20)8-6-16/h11,21H,5-10H2,1-4H3/t11-/m1/s1. The molecule has 7 heteroatoms. The van der Waals surface area contributed by atoms with Gasteiger partial charge < -0.3 is 5.21 Å². The molecule has 0 spiro atoms. The summed E-state index contributed by atoms with van der Waals surface area (Å²) in [5.74, 6) is -0.0301. The third kappa shape index (κ3) is 3.09. The van der Waals surface area contributed by atoms with Gasteiger partial charge in [0, 0.05) is 31.6 Å². The molecule has 0 aromatic rings. The molecule has 2 fully saturated rings. The fourth-order valence-corrected chi connectivity index (χ4v) is 3.53. The summed E-state index contributed by atoms with van der Waals surface area (Å²) in [4.78, 5) is 25.2. The number of nitroso groups, excluding NO2 is 1. The van der Waals surface area contributed by atoms with Crippen molar-refractivity contribution < 1.29 is 10.0 Å². The minimum atomic E-state index is -0.598. The lowest BCUT2D eigenvalue weighted by Gasteiger charge is -2.52. The van der Waals surface area contributed by atoms with Crippen molar-refractivity contribution in [2.24, 2.45) is 11.2 Å². The van der Waals surface area contributed by atoms with Crippen molar-refractivity contribution in [3.05, 3.63) is 4.91 Å². The normalized spacial score (nSPS) is 30.4. The highest BCUT2D eigenvalue weighted by Crippen LogP contribution is 2.39. The molecule has 1 atom stereocenters. The minimum absolute atomic E-state index is 0.200. The van der Waals surface area contributed by atoms with Crippen LogP contribution in [0, 0.1) is 10.8 Å². The molecule has 0 bridgehead atoms. The van der Waals surface area contributed by atoms with Gasteiger partial charge in [0.15, 0.2) is 0 Å². The zero-order chi connectivity index (χ0) is 15.8. The number of piperazine rings is 1. The van der Waals surface area contributed by atoms with E-state index in [1.807, 2.05) is 27.7 Å². The Morgan fingerprint density at radius 3 is 2.29 bits per heavy atom. The van der Waals surface area contributed by atoms with Crippen LogP contribution in [-0.4, -0.2) is 69.8 Å². The van der Waals surface area contributed by atoms with Crippen LogP contribution in [0.25, 0.3) is 0 Å². The summed E-state index contributed by atoms with van der Waals surface area (Å²) in [6.45, 7) is 10.9. The second-order valence-corrected chi connectivity index (χ2v) is 7.31. The molecule has 7 nitrogen and oxygen atoms in total. The maximum absolute atomic E-state index is 12.5. The van der Waals surface area contributed by atoms with E-state index < -0.39 is 11.1 Å². The number of rotatable bonds is 3. The van der Waals surface area contributed by atoms with Crippen LogP contribution < -0.4 is 0 Å². The van der Waals surface area contributed by atoms with Gasteiger partial charge in [-0.25, -0.2) is 0 Å². The Morgan fingerprint density at radius 1 is 1.19 bits per heavy atom. The van der Waals surface area contributed by atoms with Gasteiger partial charge in [-0.1, -0.05) is 0 Å². The van der Waals surface area contributed by atoms with E-state index in [1.165, 1.54) is 10.1 Å². The average Bonchev–Trinajstić information content (AvgIpc) is 2.42. The number of carbonyl (C=O) groups is 1. The van der Waals surface area contributed by atoms with Gasteiger partial charge >= 0.3 is 0 Å². The molecule has 21 heavy (non-hydrogen) atoms. The molecule has 120 valence electrons. The maximum atomic E-state index is 12.5. The molecule has 2 heterocycles. The number of hydroxylamine groups is 2. The Hall–Kier alpha value is -1.05. The summed E-state index contributed by atoms with van der Waals surface area (Å²) < 4.78 is 0. The summed E-state index contributed by atoms with van der Waals surface area (Å²) >= 11 is 0. The molecule has 0 radical (unpaired) electrons. The third-order valence-corrected chi connectivity index (χ3v) is 4.87. The van der Waals surface area contributed by atoms with Crippen LogP contribution in [0.3, 0.4) is 0 Å². The van der Waals surface area contributed by atoms with Gasteiger partial charge in [-0.05, 0) is 27.7 Å². The Labute approximate surface area is 125 Å². The number of hydrogen-bond acceptors (Lipinski definition) is 6. The fourth-order valence-electron chi connectivity index (χ4n) is 3.53. The number of piperidine rings is 1. The zero-order valence-electron chi connectivity index (χ0n) is 13.4. The molecular formula is C14H26N4O3. The van der Waals surface area contributed by atoms with Crippen LogP contribution in [0.2, 0.25) is 0 Å². The van der Waals surface area contributed by atoms with Crippen molar-refractivity contribution in [1.29, 1.82) is 0 Å². The van der Waals surface area contributed by atoms with E-state index in [2.05, 4.69) is 10.2 Å². The summed E-state index contributed by atoms with van der Waals surface area (Å²) in [5.41, 5.74) is -1.13. The first-order valence-electron chi connectivity index (χ1n) is 7.51. The lowest BCUT2D eigenvalue weighted by Crippen LogP contribution is -2.66. The van der Waals surface area contributed by atoms with Gasteiger partial charge in [-0.3, -0.25) is 14.7 Å². The van der Waals surface area contributed by atoms with Crippen LogP contribution in [0.4, 0.5) is 0 Å². The molecule has 1 N–H and O–H groups in total. The van der Waals surface area contributed by atoms with E-state index in [0.29, 0.717) is 26.1 Å². The molecular weight excluding hydrogens is 272 g/mol. The number of hydrogen-bond donors (Lipinski definition) is 1. The summed E-state index contributed by atoms with van der Waals surface area (Å²) in [6.07, 6.45) is 0.355. The Kier molecular flexibility index (Phi) is 4.37. The van der Waals surface area contributed by atoms with Gasteiger partial charge in [0.25, 0.3) is 0 Å². The van der Waals surface area contributed by atoms with Crippen LogP contribution >= 0.6 is 0 Å². The second-order valence-electron chi connectivity index (χ2n) is 7.31. The number of ketones is 1. The number of Topliss-reactive ketones (excluding diaryl/α,β-unsaturated/α-hetero) is 1. The highest BCUT2D eigenvalue weighted by atomic mass is 16.5. The molecule has 2 rings (SSSR count). The smallest absolute Gasteiger partial charge is 0.141 e. The van der Waals surface area contributed by atoms with Crippen LogP contribution in [0.1, 0.15) is 34.1 Å².